The van der Waals surface area contributed by atoms with Crippen LogP contribution in [0.5, 0.6) is 5.75 Å². The lowest BCUT2D eigenvalue weighted by atomic mass is 9.93. The number of rotatable bonds is 6. The molecule has 32 heavy (non-hydrogen) atoms. The molecule has 0 bridgehead atoms. The Morgan fingerprint density at radius 2 is 1.81 bits per heavy atom. The SMILES string of the molecule is CCCN1C(=O)C(C)(C)COc2cc(NS(=O)(=O)Cc3cccc4ccccc34)ccc21. The molecule has 1 heterocycles. The van der Waals surface area contributed by atoms with Crippen molar-refractivity contribution in [2.24, 2.45) is 5.41 Å². The van der Waals surface area contributed by atoms with E-state index in [-0.39, 0.29) is 18.3 Å². The van der Waals surface area contributed by atoms with E-state index in [4.69, 9.17) is 4.74 Å². The van der Waals surface area contributed by atoms with Crippen LogP contribution in [0.1, 0.15) is 32.8 Å². The minimum absolute atomic E-state index is 0.00221. The fourth-order valence-corrected chi connectivity index (χ4v) is 5.21. The lowest BCUT2D eigenvalue weighted by Gasteiger charge is -2.27. The number of hydrogen-bond donors (Lipinski definition) is 1. The quantitative estimate of drug-likeness (QED) is 0.575. The lowest BCUT2D eigenvalue weighted by Crippen LogP contribution is -2.42. The first-order chi connectivity index (χ1) is 15.2. The summed E-state index contributed by atoms with van der Waals surface area (Å²) >= 11 is 0. The van der Waals surface area contributed by atoms with Crippen LogP contribution in [0.2, 0.25) is 0 Å². The molecule has 0 fully saturated rings. The molecule has 3 aromatic rings. The number of hydrogen-bond acceptors (Lipinski definition) is 4. The summed E-state index contributed by atoms with van der Waals surface area (Å²) in [6.45, 7) is 6.53. The van der Waals surface area contributed by atoms with Gasteiger partial charge in [0.15, 0.2) is 0 Å². The third kappa shape index (κ3) is 4.43. The normalized spacial score (nSPS) is 15.7. The Labute approximate surface area is 189 Å². The Hall–Kier alpha value is -3.06. The van der Waals surface area contributed by atoms with Gasteiger partial charge in [-0.1, -0.05) is 49.4 Å². The second kappa shape index (κ2) is 8.47. The Morgan fingerprint density at radius 3 is 2.59 bits per heavy atom. The van der Waals surface area contributed by atoms with Crippen LogP contribution >= 0.6 is 0 Å². The Balaban J connectivity index is 1.61. The molecule has 4 rings (SSSR count). The van der Waals surface area contributed by atoms with Gasteiger partial charge in [-0.3, -0.25) is 9.52 Å². The van der Waals surface area contributed by atoms with Crippen LogP contribution in [0.4, 0.5) is 11.4 Å². The fraction of sp³-hybridized carbons (Fsp3) is 0.320. The molecule has 1 N–H and O–H groups in total. The molecule has 0 spiro atoms. The van der Waals surface area contributed by atoms with E-state index in [0.29, 0.717) is 23.7 Å². The van der Waals surface area contributed by atoms with Crippen molar-refractivity contribution in [3.05, 3.63) is 66.2 Å². The highest BCUT2D eigenvalue weighted by Gasteiger charge is 2.37. The Bertz CT molecular complexity index is 1260. The summed E-state index contributed by atoms with van der Waals surface area (Å²) < 4.78 is 34.5. The molecule has 1 amide bonds. The number of nitrogens with zero attached hydrogens (tertiary/aromatic N) is 1. The maximum absolute atomic E-state index is 13.0. The molecule has 0 radical (unpaired) electrons. The molecule has 0 saturated carbocycles. The summed E-state index contributed by atoms with van der Waals surface area (Å²) in [6, 6.07) is 18.5. The highest BCUT2D eigenvalue weighted by Crippen LogP contribution is 2.38. The van der Waals surface area contributed by atoms with E-state index in [1.807, 2.05) is 63.2 Å². The number of benzene rings is 3. The van der Waals surface area contributed by atoms with Gasteiger partial charge in [-0.15, -0.1) is 0 Å². The van der Waals surface area contributed by atoms with Gasteiger partial charge < -0.3 is 9.64 Å². The first-order valence-electron chi connectivity index (χ1n) is 10.8. The van der Waals surface area contributed by atoms with E-state index in [1.54, 1.807) is 23.1 Å². The van der Waals surface area contributed by atoms with Gasteiger partial charge >= 0.3 is 0 Å². The van der Waals surface area contributed by atoms with E-state index < -0.39 is 15.4 Å². The van der Waals surface area contributed by atoms with Crippen molar-refractivity contribution in [3.8, 4) is 5.75 Å². The van der Waals surface area contributed by atoms with Gasteiger partial charge in [0.1, 0.15) is 12.4 Å². The summed E-state index contributed by atoms with van der Waals surface area (Å²) in [5.41, 5.74) is 1.15. The number of carbonyl (C=O) groups is 1. The number of amides is 1. The zero-order valence-electron chi connectivity index (χ0n) is 18.6. The van der Waals surface area contributed by atoms with Crippen LogP contribution in [-0.2, 0) is 20.6 Å². The van der Waals surface area contributed by atoms with Crippen molar-refractivity contribution < 1.29 is 17.9 Å². The Morgan fingerprint density at radius 1 is 1.06 bits per heavy atom. The third-order valence-corrected chi connectivity index (χ3v) is 6.85. The number of fused-ring (bicyclic) bond motifs is 2. The van der Waals surface area contributed by atoms with Gasteiger partial charge in [0.2, 0.25) is 15.9 Å². The van der Waals surface area contributed by atoms with E-state index >= 15 is 0 Å². The Kier molecular flexibility index (Phi) is 5.86. The number of anilines is 2. The number of nitrogens with one attached hydrogen (secondary N) is 1. The molecule has 1 aliphatic heterocycles. The summed E-state index contributed by atoms with van der Waals surface area (Å²) in [5, 5.41) is 1.92. The molecule has 7 heteroatoms. The molecule has 0 aromatic heterocycles. The van der Waals surface area contributed by atoms with E-state index in [2.05, 4.69) is 4.72 Å². The van der Waals surface area contributed by atoms with Crippen molar-refractivity contribution in [1.29, 1.82) is 0 Å². The van der Waals surface area contributed by atoms with Crippen LogP contribution in [-0.4, -0.2) is 27.5 Å². The summed E-state index contributed by atoms with van der Waals surface area (Å²) in [6.07, 6.45) is 0.806. The van der Waals surface area contributed by atoms with Crippen molar-refractivity contribution in [2.45, 2.75) is 32.9 Å². The topological polar surface area (TPSA) is 75.7 Å². The van der Waals surface area contributed by atoms with Crippen LogP contribution in [0.25, 0.3) is 10.8 Å². The van der Waals surface area contributed by atoms with Crippen molar-refractivity contribution >= 4 is 38.1 Å². The molecule has 0 atom stereocenters. The number of carbonyl (C=O) groups excluding carboxylic acids is 1. The molecular formula is C25H28N2O4S. The highest BCUT2D eigenvalue weighted by molar-refractivity contribution is 7.91. The van der Waals surface area contributed by atoms with Crippen LogP contribution in [0.15, 0.2) is 60.7 Å². The van der Waals surface area contributed by atoms with Gasteiger partial charge in [0, 0.05) is 12.6 Å². The van der Waals surface area contributed by atoms with E-state index in [9.17, 15) is 13.2 Å². The van der Waals surface area contributed by atoms with Gasteiger partial charge in [-0.05, 0) is 48.7 Å². The minimum atomic E-state index is -3.66. The molecular weight excluding hydrogens is 424 g/mol. The fourth-order valence-electron chi connectivity index (χ4n) is 4.00. The second-order valence-electron chi connectivity index (χ2n) is 8.81. The van der Waals surface area contributed by atoms with Gasteiger partial charge in [0.05, 0.1) is 22.5 Å². The maximum atomic E-state index is 13.0. The molecule has 0 unspecified atom stereocenters. The largest absolute Gasteiger partial charge is 0.490 e. The molecule has 0 saturated heterocycles. The summed E-state index contributed by atoms with van der Waals surface area (Å²) in [4.78, 5) is 14.7. The van der Waals surface area contributed by atoms with Gasteiger partial charge in [0.25, 0.3) is 0 Å². The second-order valence-corrected chi connectivity index (χ2v) is 10.5. The summed E-state index contributed by atoms with van der Waals surface area (Å²) in [7, 11) is -3.66. The third-order valence-electron chi connectivity index (χ3n) is 5.61. The van der Waals surface area contributed by atoms with E-state index in [0.717, 1.165) is 22.8 Å². The predicted octanol–water partition coefficient (Wildman–Crippen LogP) is 4.94. The number of ether oxygens (including phenoxy) is 1. The molecule has 3 aromatic carbocycles. The summed E-state index contributed by atoms with van der Waals surface area (Å²) in [5.74, 6) is 0.366. The zero-order valence-corrected chi connectivity index (χ0v) is 19.4. The average Bonchev–Trinajstić information content (AvgIpc) is 2.84. The average molecular weight is 453 g/mol. The molecule has 168 valence electrons. The molecule has 6 nitrogen and oxygen atoms in total. The number of sulfonamides is 1. The minimum Gasteiger partial charge on any atom is -0.490 e. The standard InChI is InChI=1S/C25H28N2O4S/c1-4-14-27-22-13-12-20(15-23(22)31-17-25(2,3)24(27)28)26-32(29,30)16-19-10-7-9-18-8-5-6-11-21(18)19/h5-13,15,26H,4,14,16-17H2,1-3H3. The monoisotopic (exact) mass is 452 g/mol. The van der Waals surface area contributed by atoms with Crippen LogP contribution in [0, 0.1) is 5.41 Å². The van der Waals surface area contributed by atoms with Gasteiger partial charge in [-0.2, -0.15) is 0 Å². The smallest absolute Gasteiger partial charge is 0.236 e. The van der Waals surface area contributed by atoms with Crippen molar-refractivity contribution in [3.63, 3.8) is 0 Å². The first kappa shape index (κ1) is 22.1. The maximum Gasteiger partial charge on any atom is 0.236 e. The predicted molar refractivity (Wildman–Crippen MR) is 129 cm³/mol. The van der Waals surface area contributed by atoms with Crippen molar-refractivity contribution in [1.82, 2.24) is 0 Å². The molecule has 0 aliphatic carbocycles. The highest BCUT2D eigenvalue weighted by atomic mass is 32.2. The van der Waals surface area contributed by atoms with Crippen molar-refractivity contribution in [2.75, 3.05) is 22.8 Å². The van der Waals surface area contributed by atoms with Crippen LogP contribution < -0.4 is 14.4 Å². The zero-order chi connectivity index (χ0) is 22.9. The van der Waals surface area contributed by atoms with Crippen LogP contribution in [0.3, 0.4) is 0 Å². The first-order valence-corrected chi connectivity index (χ1v) is 12.4. The van der Waals surface area contributed by atoms with E-state index in [1.165, 1.54) is 0 Å². The van der Waals surface area contributed by atoms with Gasteiger partial charge in [-0.25, -0.2) is 8.42 Å². The lowest BCUT2D eigenvalue weighted by molar-refractivity contribution is -0.127. The molecule has 1 aliphatic rings.